The largest absolute Gasteiger partial charge is 0.493 e. The monoisotopic (exact) mass is 293 g/mol. The lowest BCUT2D eigenvalue weighted by molar-refractivity contribution is -0.123. The number of aliphatic hydroxyl groups is 1. The summed E-state index contributed by atoms with van der Waals surface area (Å²) in [7, 11) is 0. The maximum absolute atomic E-state index is 12.0. The molecule has 0 saturated heterocycles. The van der Waals surface area contributed by atoms with Gasteiger partial charge in [-0.05, 0) is 50.8 Å². The van der Waals surface area contributed by atoms with Gasteiger partial charge in [-0.15, -0.1) is 0 Å². The van der Waals surface area contributed by atoms with Crippen LogP contribution in [0.1, 0.15) is 44.2 Å². The van der Waals surface area contributed by atoms with Crippen LogP contribution in [-0.4, -0.2) is 29.8 Å². The molecule has 0 aliphatic heterocycles. The SMILES string of the molecule is CCC(C)(CCO)NC(=O)CCOc1cccc(C)c1C. The van der Waals surface area contributed by atoms with Gasteiger partial charge in [0.15, 0.2) is 0 Å². The van der Waals surface area contributed by atoms with E-state index in [1.165, 1.54) is 5.56 Å². The van der Waals surface area contributed by atoms with Crippen molar-refractivity contribution in [1.29, 1.82) is 0 Å². The number of hydrogen-bond donors (Lipinski definition) is 2. The van der Waals surface area contributed by atoms with E-state index in [1.54, 1.807) is 0 Å². The summed E-state index contributed by atoms with van der Waals surface area (Å²) in [5, 5.41) is 12.0. The van der Waals surface area contributed by atoms with Crippen molar-refractivity contribution in [1.82, 2.24) is 5.32 Å². The molecule has 118 valence electrons. The predicted octanol–water partition coefficient (Wildman–Crippen LogP) is 2.74. The van der Waals surface area contributed by atoms with E-state index in [0.717, 1.165) is 17.7 Å². The van der Waals surface area contributed by atoms with Gasteiger partial charge in [-0.3, -0.25) is 4.79 Å². The van der Waals surface area contributed by atoms with Crippen LogP contribution in [0, 0.1) is 13.8 Å². The first-order valence-corrected chi connectivity index (χ1v) is 7.52. The van der Waals surface area contributed by atoms with Crippen molar-refractivity contribution in [3.05, 3.63) is 29.3 Å². The maximum atomic E-state index is 12.0. The molecule has 1 aromatic carbocycles. The van der Waals surface area contributed by atoms with Crippen molar-refractivity contribution < 1.29 is 14.6 Å². The van der Waals surface area contributed by atoms with Crippen molar-refractivity contribution in [2.24, 2.45) is 0 Å². The first-order chi connectivity index (χ1) is 9.91. The highest BCUT2D eigenvalue weighted by Gasteiger charge is 2.23. The van der Waals surface area contributed by atoms with Gasteiger partial charge in [-0.1, -0.05) is 19.1 Å². The molecular weight excluding hydrogens is 266 g/mol. The second-order valence-corrected chi connectivity index (χ2v) is 5.73. The molecule has 0 fully saturated rings. The van der Waals surface area contributed by atoms with Crippen molar-refractivity contribution in [3.63, 3.8) is 0 Å². The number of amides is 1. The summed E-state index contributed by atoms with van der Waals surface area (Å²) in [6.07, 6.45) is 1.67. The smallest absolute Gasteiger partial charge is 0.223 e. The molecule has 0 aliphatic carbocycles. The fourth-order valence-electron chi connectivity index (χ4n) is 2.11. The molecule has 0 heterocycles. The van der Waals surface area contributed by atoms with E-state index in [1.807, 2.05) is 45.9 Å². The molecule has 0 saturated carbocycles. The number of aryl methyl sites for hydroxylation is 1. The Kier molecular flexibility index (Phi) is 6.69. The summed E-state index contributed by atoms with van der Waals surface area (Å²) in [5.74, 6) is 0.787. The molecule has 0 radical (unpaired) electrons. The summed E-state index contributed by atoms with van der Waals surface area (Å²) in [6, 6.07) is 5.91. The van der Waals surface area contributed by atoms with Gasteiger partial charge in [0.2, 0.25) is 5.91 Å². The molecule has 0 spiro atoms. The van der Waals surface area contributed by atoms with E-state index in [-0.39, 0.29) is 18.1 Å². The van der Waals surface area contributed by atoms with Crippen molar-refractivity contribution in [2.45, 2.75) is 52.5 Å². The Morgan fingerprint density at radius 1 is 1.38 bits per heavy atom. The summed E-state index contributed by atoms with van der Waals surface area (Å²) < 4.78 is 5.69. The number of ether oxygens (including phenoxy) is 1. The fourth-order valence-corrected chi connectivity index (χ4v) is 2.11. The Morgan fingerprint density at radius 2 is 2.10 bits per heavy atom. The average molecular weight is 293 g/mol. The van der Waals surface area contributed by atoms with Crippen LogP contribution in [0.5, 0.6) is 5.75 Å². The van der Waals surface area contributed by atoms with Crippen LogP contribution in [0.15, 0.2) is 18.2 Å². The number of benzene rings is 1. The van der Waals surface area contributed by atoms with Crippen molar-refractivity contribution in [2.75, 3.05) is 13.2 Å². The molecule has 2 N–H and O–H groups in total. The Balaban J connectivity index is 2.45. The summed E-state index contributed by atoms with van der Waals surface area (Å²) in [6.45, 7) is 8.44. The molecule has 1 aromatic rings. The van der Waals surface area contributed by atoms with Gasteiger partial charge in [-0.2, -0.15) is 0 Å². The summed E-state index contributed by atoms with van der Waals surface area (Å²) in [4.78, 5) is 12.0. The van der Waals surface area contributed by atoms with Crippen LogP contribution >= 0.6 is 0 Å². The second kappa shape index (κ2) is 8.03. The Labute approximate surface area is 127 Å². The number of nitrogens with one attached hydrogen (secondary N) is 1. The molecule has 4 heteroatoms. The third kappa shape index (κ3) is 5.38. The van der Waals surface area contributed by atoms with E-state index in [9.17, 15) is 4.79 Å². The number of carbonyl (C=O) groups excluding carboxylic acids is 1. The normalized spacial score (nSPS) is 13.6. The first kappa shape index (κ1) is 17.5. The van der Waals surface area contributed by atoms with Gasteiger partial charge >= 0.3 is 0 Å². The van der Waals surface area contributed by atoms with Crippen LogP contribution < -0.4 is 10.1 Å². The minimum absolute atomic E-state index is 0.0434. The lowest BCUT2D eigenvalue weighted by atomic mass is 9.95. The van der Waals surface area contributed by atoms with E-state index in [0.29, 0.717) is 19.4 Å². The fraction of sp³-hybridized carbons (Fsp3) is 0.588. The standard InChI is InChI=1S/C17H27NO3/c1-5-17(4,10-11-19)18-16(20)9-12-21-15-8-6-7-13(2)14(15)3/h6-8,19H,5,9-12H2,1-4H3,(H,18,20). The molecule has 1 rings (SSSR count). The van der Waals surface area contributed by atoms with E-state index < -0.39 is 0 Å². The highest BCUT2D eigenvalue weighted by Crippen LogP contribution is 2.20. The molecule has 0 aliphatic rings. The van der Waals surface area contributed by atoms with Crippen LogP contribution in [0.2, 0.25) is 0 Å². The zero-order chi connectivity index (χ0) is 15.9. The minimum Gasteiger partial charge on any atom is -0.493 e. The van der Waals surface area contributed by atoms with Gasteiger partial charge in [-0.25, -0.2) is 0 Å². The Hall–Kier alpha value is -1.55. The molecule has 1 unspecified atom stereocenters. The van der Waals surface area contributed by atoms with E-state index in [4.69, 9.17) is 9.84 Å². The van der Waals surface area contributed by atoms with E-state index in [2.05, 4.69) is 5.32 Å². The molecular formula is C17H27NO3. The third-order valence-electron chi connectivity index (χ3n) is 4.03. The molecule has 4 nitrogen and oxygen atoms in total. The lowest BCUT2D eigenvalue weighted by Crippen LogP contribution is -2.46. The number of hydrogen-bond acceptors (Lipinski definition) is 3. The predicted molar refractivity (Wildman–Crippen MR) is 84.6 cm³/mol. The molecule has 21 heavy (non-hydrogen) atoms. The van der Waals surface area contributed by atoms with Gasteiger partial charge in [0.25, 0.3) is 0 Å². The van der Waals surface area contributed by atoms with Crippen LogP contribution in [-0.2, 0) is 4.79 Å². The van der Waals surface area contributed by atoms with Gasteiger partial charge in [0.05, 0.1) is 13.0 Å². The maximum Gasteiger partial charge on any atom is 0.223 e. The van der Waals surface area contributed by atoms with Gasteiger partial charge in [0.1, 0.15) is 5.75 Å². The summed E-state index contributed by atoms with van der Waals surface area (Å²) in [5.41, 5.74) is 1.94. The zero-order valence-electron chi connectivity index (χ0n) is 13.5. The second-order valence-electron chi connectivity index (χ2n) is 5.73. The number of rotatable bonds is 8. The highest BCUT2D eigenvalue weighted by molar-refractivity contribution is 5.76. The zero-order valence-corrected chi connectivity index (χ0v) is 13.5. The first-order valence-electron chi connectivity index (χ1n) is 7.52. The van der Waals surface area contributed by atoms with Crippen LogP contribution in [0.4, 0.5) is 0 Å². The highest BCUT2D eigenvalue weighted by atomic mass is 16.5. The number of carbonyl (C=O) groups is 1. The molecule has 0 aromatic heterocycles. The molecule has 0 bridgehead atoms. The molecule has 1 amide bonds. The van der Waals surface area contributed by atoms with Crippen LogP contribution in [0.3, 0.4) is 0 Å². The summed E-state index contributed by atoms with van der Waals surface area (Å²) >= 11 is 0. The molecule has 1 atom stereocenters. The van der Waals surface area contributed by atoms with Crippen LogP contribution in [0.25, 0.3) is 0 Å². The third-order valence-corrected chi connectivity index (χ3v) is 4.03. The van der Waals surface area contributed by atoms with Crippen molar-refractivity contribution >= 4 is 5.91 Å². The average Bonchev–Trinajstić information content (AvgIpc) is 2.43. The quantitative estimate of drug-likeness (QED) is 0.775. The van der Waals surface area contributed by atoms with Crippen molar-refractivity contribution in [3.8, 4) is 5.75 Å². The Morgan fingerprint density at radius 3 is 2.71 bits per heavy atom. The minimum atomic E-state index is -0.342. The lowest BCUT2D eigenvalue weighted by Gasteiger charge is -2.29. The topological polar surface area (TPSA) is 58.6 Å². The van der Waals surface area contributed by atoms with E-state index >= 15 is 0 Å². The van der Waals surface area contributed by atoms with Gasteiger partial charge < -0.3 is 15.2 Å². The Bertz CT molecular complexity index is 473. The van der Waals surface area contributed by atoms with Gasteiger partial charge in [0, 0.05) is 12.1 Å². The number of aliphatic hydroxyl groups excluding tert-OH is 1.